The third-order valence-electron chi connectivity index (χ3n) is 2.24. The molecule has 1 nitrogen and oxygen atoms in total. The Kier molecular flexibility index (Phi) is 2.50. The predicted molar refractivity (Wildman–Crippen MR) is 58.0 cm³/mol. The van der Waals surface area contributed by atoms with Gasteiger partial charge in [0.15, 0.2) is 0 Å². The highest BCUT2D eigenvalue weighted by molar-refractivity contribution is 7.12. The van der Waals surface area contributed by atoms with Crippen molar-refractivity contribution in [3.63, 3.8) is 0 Å². The van der Waals surface area contributed by atoms with E-state index in [9.17, 15) is 4.39 Å². The summed E-state index contributed by atoms with van der Waals surface area (Å²) in [5, 5.41) is 0.997. The van der Waals surface area contributed by atoms with Gasteiger partial charge in [0.1, 0.15) is 5.83 Å². The van der Waals surface area contributed by atoms with Gasteiger partial charge in [-0.15, -0.1) is 11.3 Å². The molecule has 1 aliphatic rings. The molecule has 0 N–H and O–H groups in total. The second kappa shape index (κ2) is 3.65. The summed E-state index contributed by atoms with van der Waals surface area (Å²) in [5.74, 6) is -0.0944. The zero-order valence-corrected chi connectivity index (χ0v) is 9.12. The molecule has 74 valence electrons. The van der Waals surface area contributed by atoms with Gasteiger partial charge < -0.3 is 0 Å². The summed E-state index contributed by atoms with van der Waals surface area (Å²) in [4.78, 5) is 5.29. The molecule has 0 amide bonds. The van der Waals surface area contributed by atoms with Crippen molar-refractivity contribution in [3.8, 4) is 0 Å². The Balaban J connectivity index is 2.44. The SMILES string of the molecule is Cc1nc(C)c(C2=CCCC=C2F)s1. The van der Waals surface area contributed by atoms with E-state index in [0.717, 1.165) is 34.0 Å². The van der Waals surface area contributed by atoms with Crippen molar-refractivity contribution in [2.45, 2.75) is 26.7 Å². The molecule has 0 aliphatic heterocycles. The number of aromatic nitrogens is 1. The van der Waals surface area contributed by atoms with Crippen molar-refractivity contribution < 1.29 is 4.39 Å². The Morgan fingerprint density at radius 2 is 2.00 bits per heavy atom. The molecule has 1 heterocycles. The molecule has 0 bridgehead atoms. The lowest BCUT2D eigenvalue weighted by Crippen LogP contribution is -1.90. The van der Waals surface area contributed by atoms with E-state index in [1.807, 2.05) is 19.9 Å². The smallest absolute Gasteiger partial charge is 0.127 e. The normalized spacial score (nSPS) is 16.5. The van der Waals surface area contributed by atoms with Gasteiger partial charge in [0.25, 0.3) is 0 Å². The Morgan fingerprint density at radius 1 is 1.29 bits per heavy atom. The summed E-state index contributed by atoms with van der Waals surface area (Å²) < 4.78 is 13.5. The number of allylic oxidation sites excluding steroid dienone is 4. The summed E-state index contributed by atoms with van der Waals surface area (Å²) in [6.45, 7) is 3.88. The van der Waals surface area contributed by atoms with Crippen molar-refractivity contribution in [3.05, 3.63) is 33.6 Å². The second-order valence-electron chi connectivity index (χ2n) is 3.39. The van der Waals surface area contributed by atoms with Crippen molar-refractivity contribution in [2.24, 2.45) is 0 Å². The lowest BCUT2D eigenvalue weighted by molar-refractivity contribution is 0.660. The number of rotatable bonds is 1. The Labute approximate surface area is 87.0 Å². The number of thiazole rings is 1. The molecule has 0 unspecified atom stereocenters. The molecular formula is C11H12FNS. The van der Waals surface area contributed by atoms with E-state index in [-0.39, 0.29) is 5.83 Å². The van der Waals surface area contributed by atoms with E-state index in [1.54, 1.807) is 17.4 Å². The van der Waals surface area contributed by atoms with Gasteiger partial charge in [0.2, 0.25) is 0 Å². The Bertz CT molecular complexity index is 415. The van der Waals surface area contributed by atoms with Crippen LogP contribution in [-0.2, 0) is 0 Å². The van der Waals surface area contributed by atoms with Crippen molar-refractivity contribution >= 4 is 16.9 Å². The summed E-state index contributed by atoms with van der Waals surface area (Å²) >= 11 is 1.56. The van der Waals surface area contributed by atoms with E-state index < -0.39 is 0 Å². The van der Waals surface area contributed by atoms with Gasteiger partial charge in [-0.25, -0.2) is 9.37 Å². The molecule has 0 saturated carbocycles. The average Bonchev–Trinajstić information content (AvgIpc) is 2.46. The van der Waals surface area contributed by atoms with Crippen LogP contribution in [0, 0.1) is 13.8 Å². The van der Waals surface area contributed by atoms with Crippen LogP contribution >= 0.6 is 11.3 Å². The summed E-state index contributed by atoms with van der Waals surface area (Å²) in [6.07, 6.45) is 5.37. The fourth-order valence-electron chi connectivity index (χ4n) is 1.63. The maximum absolute atomic E-state index is 13.5. The molecule has 0 atom stereocenters. The summed E-state index contributed by atoms with van der Waals surface area (Å²) in [7, 11) is 0. The van der Waals surface area contributed by atoms with Crippen LogP contribution in [0.3, 0.4) is 0 Å². The quantitative estimate of drug-likeness (QED) is 0.685. The van der Waals surface area contributed by atoms with Gasteiger partial charge in [-0.05, 0) is 32.8 Å². The number of aryl methyl sites for hydroxylation is 2. The molecule has 3 heteroatoms. The minimum atomic E-state index is -0.0944. The monoisotopic (exact) mass is 209 g/mol. The largest absolute Gasteiger partial charge is 0.246 e. The Hall–Kier alpha value is -0.960. The molecule has 14 heavy (non-hydrogen) atoms. The molecular weight excluding hydrogens is 197 g/mol. The maximum Gasteiger partial charge on any atom is 0.127 e. The fraction of sp³-hybridized carbons (Fsp3) is 0.364. The zero-order valence-electron chi connectivity index (χ0n) is 8.30. The van der Waals surface area contributed by atoms with Gasteiger partial charge in [0.05, 0.1) is 15.6 Å². The van der Waals surface area contributed by atoms with Crippen LogP contribution in [0.2, 0.25) is 0 Å². The first-order valence-electron chi connectivity index (χ1n) is 4.69. The highest BCUT2D eigenvalue weighted by Gasteiger charge is 2.15. The van der Waals surface area contributed by atoms with Crippen LogP contribution in [-0.4, -0.2) is 4.98 Å². The molecule has 0 aromatic carbocycles. The molecule has 0 radical (unpaired) electrons. The standard InChI is InChI=1S/C11H12FNS/c1-7-11(14-8(2)13-7)9-5-3-4-6-10(9)12/h5-6H,3-4H2,1-2H3. The first-order valence-corrected chi connectivity index (χ1v) is 5.50. The van der Waals surface area contributed by atoms with E-state index in [4.69, 9.17) is 0 Å². The van der Waals surface area contributed by atoms with E-state index >= 15 is 0 Å². The predicted octanol–water partition coefficient (Wildman–Crippen LogP) is 3.79. The minimum Gasteiger partial charge on any atom is -0.246 e. The van der Waals surface area contributed by atoms with Gasteiger partial charge in [-0.3, -0.25) is 0 Å². The van der Waals surface area contributed by atoms with Crippen LogP contribution in [0.1, 0.15) is 28.4 Å². The van der Waals surface area contributed by atoms with Crippen LogP contribution < -0.4 is 0 Å². The number of hydrogen-bond acceptors (Lipinski definition) is 2. The first kappa shape index (κ1) is 9.59. The van der Waals surface area contributed by atoms with Crippen LogP contribution in [0.25, 0.3) is 5.57 Å². The zero-order chi connectivity index (χ0) is 10.1. The molecule has 2 rings (SSSR count). The van der Waals surface area contributed by atoms with Gasteiger partial charge in [0, 0.05) is 5.57 Å². The van der Waals surface area contributed by atoms with Crippen molar-refractivity contribution in [2.75, 3.05) is 0 Å². The minimum absolute atomic E-state index is 0.0944. The van der Waals surface area contributed by atoms with E-state index in [2.05, 4.69) is 4.98 Å². The van der Waals surface area contributed by atoms with Crippen LogP contribution in [0.15, 0.2) is 18.0 Å². The lowest BCUT2D eigenvalue weighted by Gasteiger charge is -2.07. The topological polar surface area (TPSA) is 12.9 Å². The average molecular weight is 209 g/mol. The molecule has 0 spiro atoms. The molecule has 1 aromatic rings. The highest BCUT2D eigenvalue weighted by atomic mass is 32.1. The van der Waals surface area contributed by atoms with Gasteiger partial charge in [-0.1, -0.05) is 6.08 Å². The summed E-state index contributed by atoms with van der Waals surface area (Å²) in [5.41, 5.74) is 1.67. The van der Waals surface area contributed by atoms with Crippen LogP contribution in [0.5, 0.6) is 0 Å². The van der Waals surface area contributed by atoms with Gasteiger partial charge in [-0.2, -0.15) is 0 Å². The molecule has 1 aliphatic carbocycles. The first-order chi connectivity index (χ1) is 6.68. The van der Waals surface area contributed by atoms with E-state index in [1.165, 1.54) is 0 Å². The van der Waals surface area contributed by atoms with Crippen molar-refractivity contribution in [1.82, 2.24) is 4.98 Å². The van der Waals surface area contributed by atoms with Gasteiger partial charge >= 0.3 is 0 Å². The Morgan fingerprint density at radius 3 is 2.57 bits per heavy atom. The van der Waals surface area contributed by atoms with Crippen molar-refractivity contribution in [1.29, 1.82) is 0 Å². The molecule has 0 fully saturated rings. The van der Waals surface area contributed by atoms with Crippen LogP contribution in [0.4, 0.5) is 4.39 Å². The molecule has 1 aromatic heterocycles. The third kappa shape index (κ3) is 1.64. The number of hydrogen-bond donors (Lipinski definition) is 0. The highest BCUT2D eigenvalue weighted by Crippen LogP contribution is 2.34. The second-order valence-corrected chi connectivity index (χ2v) is 4.60. The lowest BCUT2D eigenvalue weighted by atomic mass is 10.0. The van der Waals surface area contributed by atoms with E-state index in [0.29, 0.717) is 0 Å². The maximum atomic E-state index is 13.5. The molecule has 0 saturated heterocycles. The number of halogens is 1. The fourth-order valence-corrected chi connectivity index (χ4v) is 2.59. The third-order valence-corrected chi connectivity index (χ3v) is 3.35. The summed E-state index contributed by atoms with van der Waals surface area (Å²) in [6, 6.07) is 0. The number of nitrogens with zero attached hydrogens (tertiary/aromatic N) is 1.